The van der Waals surface area contributed by atoms with Gasteiger partial charge < -0.3 is 10.1 Å². The lowest BCUT2D eigenvalue weighted by molar-refractivity contribution is -0.111. The Morgan fingerprint density at radius 1 is 1.11 bits per heavy atom. The summed E-state index contributed by atoms with van der Waals surface area (Å²) in [5, 5.41) is 3.16. The quantitative estimate of drug-likeness (QED) is 0.450. The predicted octanol–water partition coefficient (Wildman–Crippen LogP) is 5.38. The SMILES string of the molecule is CCOC(=O)c1cc(-c2ccccc2)sc1NC(=O)/C=C/c1ccc(F)cc1. The molecule has 0 radical (unpaired) electrons. The van der Waals surface area contributed by atoms with Gasteiger partial charge in [-0.2, -0.15) is 0 Å². The fourth-order valence-electron chi connectivity index (χ4n) is 2.49. The molecule has 6 heteroatoms. The van der Waals surface area contributed by atoms with Gasteiger partial charge in [0.2, 0.25) is 5.91 Å². The number of carbonyl (C=O) groups excluding carboxylic acids is 2. The molecule has 0 fully saturated rings. The Morgan fingerprint density at radius 3 is 2.50 bits per heavy atom. The van der Waals surface area contributed by atoms with Gasteiger partial charge in [0.1, 0.15) is 10.8 Å². The number of ether oxygens (including phenoxy) is 1. The van der Waals surface area contributed by atoms with Gasteiger partial charge in [0.15, 0.2) is 0 Å². The van der Waals surface area contributed by atoms with Crippen LogP contribution >= 0.6 is 11.3 Å². The van der Waals surface area contributed by atoms with Crippen molar-refractivity contribution in [2.75, 3.05) is 11.9 Å². The second-order valence-electron chi connectivity index (χ2n) is 5.81. The van der Waals surface area contributed by atoms with Crippen LogP contribution in [0.1, 0.15) is 22.8 Å². The molecule has 3 rings (SSSR count). The predicted molar refractivity (Wildman–Crippen MR) is 110 cm³/mol. The smallest absolute Gasteiger partial charge is 0.341 e. The van der Waals surface area contributed by atoms with Gasteiger partial charge in [-0.3, -0.25) is 4.79 Å². The molecule has 0 aliphatic carbocycles. The van der Waals surface area contributed by atoms with Crippen LogP contribution in [0, 0.1) is 5.82 Å². The number of rotatable bonds is 6. The maximum Gasteiger partial charge on any atom is 0.341 e. The Morgan fingerprint density at radius 2 is 1.82 bits per heavy atom. The first-order chi connectivity index (χ1) is 13.6. The fourth-order valence-corrected chi connectivity index (χ4v) is 3.54. The summed E-state index contributed by atoms with van der Waals surface area (Å²) in [6, 6.07) is 17.1. The van der Waals surface area contributed by atoms with E-state index in [0.29, 0.717) is 16.1 Å². The van der Waals surface area contributed by atoms with Crippen LogP contribution in [-0.2, 0) is 9.53 Å². The molecular weight excluding hydrogens is 377 g/mol. The van der Waals surface area contributed by atoms with Gasteiger partial charge in [0.05, 0.1) is 12.2 Å². The van der Waals surface area contributed by atoms with E-state index in [2.05, 4.69) is 5.32 Å². The lowest BCUT2D eigenvalue weighted by atomic mass is 10.1. The Kier molecular flexibility index (Phi) is 6.34. The summed E-state index contributed by atoms with van der Waals surface area (Å²) in [4.78, 5) is 25.4. The van der Waals surface area contributed by atoms with E-state index in [1.54, 1.807) is 31.2 Å². The number of nitrogens with one attached hydrogen (secondary N) is 1. The molecule has 0 atom stereocenters. The van der Waals surface area contributed by atoms with Gasteiger partial charge in [0, 0.05) is 11.0 Å². The summed E-state index contributed by atoms with van der Waals surface area (Å²) in [5.74, 6) is -1.22. The molecule has 1 aromatic heterocycles. The van der Waals surface area contributed by atoms with Crippen LogP contribution in [0.2, 0.25) is 0 Å². The molecule has 0 aliphatic heterocycles. The molecule has 1 heterocycles. The monoisotopic (exact) mass is 395 g/mol. The first-order valence-corrected chi connectivity index (χ1v) is 9.49. The van der Waals surface area contributed by atoms with Crippen LogP contribution in [-0.4, -0.2) is 18.5 Å². The largest absolute Gasteiger partial charge is 0.462 e. The number of benzene rings is 2. The number of anilines is 1. The molecule has 0 spiro atoms. The Labute approximate surface area is 166 Å². The molecular formula is C22H18FNO3S. The highest BCUT2D eigenvalue weighted by molar-refractivity contribution is 7.20. The molecule has 3 aromatic rings. The lowest BCUT2D eigenvalue weighted by Gasteiger charge is -2.03. The van der Waals surface area contributed by atoms with E-state index in [1.165, 1.54) is 29.5 Å². The number of halogens is 1. The third kappa shape index (κ3) is 4.92. The number of hydrogen-bond acceptors (Lipinski definition) is 4. The average molecular weight is 395 g/mol. The lowest BCUT2D eigenvalue weighted by Crippen LogP contribution is -2.11. The van der Waals surface area contributed by atoms with Crippen molar-refractivity contribution in [2.24, 2.45) is 0 Å². The zero-order valence-corrected chi connectivity index (χ0v) is 16.0. The summed E-state index contributed by atoms with van der Waals surface area (Å²) >= 11 is 1.30. The topological polar surface area (TPSA) is 55.4 Å². The Hall–Kier alpha value is -3.25. The summed E-state index contributed by atoms with van der Waals surface area (Å²) in [6.45, 7) is 1.97. The first-order valence-electron chi connectivity index (χ1n) is 8.68. The molecule has 142 valence electrons. The van der Waals surface area contributed by atoms with E-state index in [0.717, 1.165) is 10.4 Å². The second-order valence-corrected chi connectivity index (χ2v) is 6.87. The van der Waals surface area contributed by atoms with E-state index in [4.69, 9.17) is 4.74 Å². The van der Waals surface area contributed by atoms with E-state index in [9.17, 15) is 14.0 Å². The van der Waals surface area contributed by atoms with Gasteiger partial charge in [-0.25, -0.2) is 9.18 Å². The van der Waals surface area contributed by atoms with E-state index in [-0.39, 0.29) is 12.4 Å². The van der Waals surface area contributed by atoms with Crippen molar-refractivity contribution in [3.05, 3.63) is 83.7 Å². The first kappa shape index (κ1) is 19.5. The van der Waals surface area contributed by atoms with Crippen molar-refractivity contribution in [3.8, 4) is 10.4 Å². The minimum atomic E-state index is -0.487. The zero-order valence-electron chi connectivity index (χ0n) is 15.1. The minimum absolute atomic E-state index is 0.243. The third-order valence-electron chi connectivity index (χ3n) is 3.82. The van der Waals surface area contributed by atoms with Gasteiger partial charge in [-0.05, 0) is 42.3 Å². The second kappa shape index (κ2) is 9.10. The summed E-state index contributed by atoms with van der Waals surface area (Å²) in [5.41, 5.74) is 1.95. The van der Waals surface area contributed by atoms with Crippen LogP contribution in [0.25, 0.3) is 16.5 Å². The Balaban J connectivity index is 1.82. The highest BCUT2D eigenvalue weighted by Gasteiger charge is 2.19. The molecule has 1 amide bonds. The molecule has 0 bridgehead atoms. The molecule has 0 aliphatic rings. The van der Waals surface area contributed by atoms with Crippen molar-refractivity contribution < 1.29 is 18.7 Å². The van der Waals surface area contributed by atoms with Crippen molar-refractivity contribution >= 4 is 34.3 Å². The molecule has 1 N–H and O–H groups in total. The van der Waals surface area contributed by atoms with Crippen LogP contribution < -0.4 is 5.32 Å². The minimum Gasteiger partial charge on any atom is -0.462 e. The number of esters is 1. The van der Waals surface area contributed by atoms with Gasteiger partial charge in [-0.15, -0.1) is 11.3 Å². The van der Waals surface area contributed by atoms with Gasteiger partial charge >= 0.3 is 5.97 Å². The highest BCUT2D eigenvalue weighted by Crippen LogP contribution is 2.36. The number of carbonyl (C=O) groups is 2. The maximum absolute atomic E-state index is 13.0. The number of hydrogen-bond donors (Lipinski definition) is 1. The normalized spacial score (nSPS) is 10.8. The van der Waals surface area contributed by atoms with Crippen LogP contribution in [0.4, 0.5) is 9.39 Å². The summed E-state index contributed by atoms with van der Waals surface area (Å²) in [6.07, 6.45) is 2.91. The van der Waals surface area contributed by atoms with Gasteiger partial charge in [0.25, 0.3) is 0 Å². The van der Waals surface area contributed by atoms with Crippen molar-refractivity contribution in [1.82, 2.24) is 0 Å². The molecule has 28 heavy (non-hydrogen) atoms. The third-order valence-corrected chi connectivity index (χ3v) is 4.92. The maximum atomic E-state index is 13.0. The van der Waals surface area contributed by atoms with Crippen molar-refractivity contribution in [2.45, 2.75) is 6.92 Å². The standard InChI is InChI=1S/C22H18FNO3S/c1-2-27-22(26)18-14-19(16-6-4-3-5-7-16)28-21(18)24-20(25)13-10-15-8-11-17(23)12-9-15/h3-14H,2H2,1H3,(H,24,25)/b13-10+. The molecule has 4 nitrogen and oxygen atoms in total. The van der Waals surface area contributed by atoms with Crippen LogP contribution in [0.3, 0.4) is 0 Å². The number of thiophene rings is 1. The summed E-state index contributed by atoms with van der Waals surface area (Å²) < 4.78 is 18.1. The summed E-state index contributed by atoms with van der Waals surface area (Å²) in [7, 11) is 0. The van der Waals surface area contributed by atoms with Crippen LogP contribution in [0.15, 0.2) is 66.7 Å². The number of amides is 1. The van der Waals surface area contributed by atoms with Crippen molar-refractivity contribution in [3.63, 3.8) is 0 Å². The fraction of sp³-hybridized carbons (Fsp3) is 0.0909. The molecule has 2 aromatic carbocycles. The average Bonchev–Trinajstić information content (AvgIpc) is 3.12. The van der Waals surface area contributed by atoms with E-state index in [1.807, 2.05) is 30.3 Å². The van der Waals surface area contributed by atoms with E-state index < -0.39 is 11.9 Å². The molecule has 0 saturated heterocycles. The molecule has 0 saturated carbocycles. The zero-order chi connectivity index (χ0) is 19.9. The van der Waals surface area contributed by atoms with Gasteiger partial charge in [-0.1, -0.05) is 42.5 Å². The Bertz CT molecular complexity index is 994. The van der Waals surface area contributed by atoms with E-state index >= 15 is 0 Å². The van der Waals surface area contributed by atoms with Crippen molar-refractivity contribution in [1.29, 1.82) is 0 Å². The molecule has 0 unspecified atom stereocenters. The van der Waals surface area contributed by atoms with Crippen LogP contribution in [0.5, 0.6) is 0 Å². The highest BCUT2D eigenvalue weighted by atomic mass is 32.1.